The third-order valence-electron chi connectivity index (χ3n) is 2.10. The first kappa shape index (κ1) is 16.5. The van der Waals surface area contributed by atoms with Crippen LogP contribution in [0.3, 0.4) is 0 Å². The number of alkyl halides is 2. The van der Waals surface area contributed by atoms with Crippen LogP contribution in [-0.4, -0.2) is 29.7 Å². The molecular formula is C11H14BrCl3N-. The smallest absolute Gasteiger partial charge is 0.0351 e. The van der Waals surface area contributed by atoms with Crippen molar-refractivity contribution in [2.45, 2.75) is 6.54 Å². The molecule has 0 N–H and O–H groups in total. The van der Waals surface area contributed by atoms with Crippen LogP contribution in [0, 0.1) is 0 Å². The topological polar surface area (TPSA) is 3.24 Å². The zero-order valence-electron chi connectivity index (χ0n) is 8.80. The molecule has 92 valence electrons. The summed E-state index contributed by atoms with van der Waals surface area (Å²) in [5.41, 5.74) is 1.28. The molecule has 1 rings (SSSR count). The molecule has 0 unspecified atom stereocenters. The number of nitrogens with zero attached hydrogens (tertiary/aromatic N) is 1. The molecule has 0 aliphatic carbocycles. The van der Waals surface area contributed by atoms with E-state index in [4.69, 9.17) is 23.2 Å². The maximum atomic E-state index is 5.74. The van der Waals surface area contributed by atoms with E-state index in [2.05, 4.69) is 33.0 Å². The summed E-state index contributed by atoms with van der Waals surface area (Å²) in [7, 11) is 0. The van der Waals surface area contributed by atoms with Crippen LogP contribution in [0.1, 0.15) is 5.56 Å². The molecule has 0 heterocycles. The number of rotatable bonds is 6. The number of hydrogen-bond donors (Lipinski definition) is 0. The van der Waals surface area contributed by atoms with Crippen LogP contribution < -0.4 is 12.4 Å². The Morgan fingerprint density at radius 3 is 2.25 bits per heavy atom. The first-order valence-corrected chi connectivity index (χ1v) is 6.71. The average Bonchev–Trinajstić information content (AvgIpc) is 2.18. The lowest BCUT2D eigenvalue weighted by molar-refractivity contribution is -0.00000284. The van der Waals surface area contributed by atoms with Crippen molar-refractivity contribution in [2.24, 2.45) is 0 Å². The third kappa shape index (κ3) is 6.31. The predicted molar refractivity (Wildman–Crippen MR) is 70.9 cm³/mol. The Kier molecular flexibility index (Phi) is 9.87. The largest absolute Gasteiger partial charge is 1.00 e. The van der Waals surface area contributed by atoms with Crippen LogP contribution in [0.5, 0.6) is 0 Å². The van der Waals surface area contributed by atoms with Gasteiger partial charge in [0, 0.05) is 35.9 Å². The van der Waals surface area contributed by atoms with Gasteiger partial charge in [0.1, 0.15) is 0 Å². The fourth-order valence-electron chi connectivity index (χ4n) is 1.40. The van der Waals surface area contributed by atoms with Crippen molar-refractivity contribution in [3.63, 3.8) is 0 Å². The van der Waals surface area contributed by atoms with E-state index in [0.717, 1.165) is 24.1 Å². The van der Waals surface area contributed by atoms with E-state index < -0.39 is 0 Å². The molecule has 0 radical (unpaired) electrons. The van der Waals surface area contributed by atoms with Crippen LogP contribution >= 0.6 is 39.1 Å². The number of halogens is 4. The fraction of sp³-hybridized carbons (Fsp3) is 0.455. The van der Waals surface area contributed by atoms with Crippen molar-refractivity contribution in [3.05, 3.63) is 34.3 Å². The molecule has 0 saturated carbocycles. The van der Waals surface area contributed by atoms with Gasteiger partial charge in [0.25, 0.3) is 0 Å². The SMILES string of the molecule is ClCCN(CCCl)Cc1cccc(Br)c1.[Cl-]. The van der Waals surface area contributed by atoms with Gasteiger partial charge in [-0.2, -0.15) is 0 Å². The Morgan fingerprint density at radius 1 is 1.12 bits per heavy atom. The molecule has 0 amide bonds. The van der Waals surface area contributed by atoms with Crippen LogP contribution in [0.15, 0.2) is 28.7 Å². The molecular weight excluding hydrogens is 332 g/mol. The van der Waals surface area contributed by atoms with E-state index in [1.165, 1.54) is 5.56 Å². The van der Waals surface area contributed by atoms with E-state index in [1.807, 2.05) is 12.1 Å². The average molecular weight is 347 g/mol. The Hall–Kier alpha value is 0.530. The van der Waals surface area contributed by atoms with Gasteiger partial charge in [-0.05, 0) is 17.7 Å². The van der Waals surface area contributed by atoms with Crippen molar-refractivity contribution in [3.8, 4) is 0 Å². The molecule has 1 nitrogen and oxygen atoms in total. The Balaban J connectivity index is 0.00000225. The Labute approximate surface area is 122 Å². The molecule has 0 aliphatic rings. The number of hydrogen-bond acceptors (Lipinski definition) is 1. The molecule has 1 aromatic rings. The molecule has 0 aliphatic heterocycles. The highest BCUT2D eigenvalue weighted by Gasteiger charge is 2.04. The minimum atomic E-state index is 0. The summed E-state index contributed by atoms with van der Waals surface area (Å²) < 4.78 is 1.11. The zero-order chi connectivity index (χ0) is 11.1. The van der Waals surface area contributed by atoms with Gasteiger partial charge in [-0.3, -0.25) is 4.90 Å². The predicted octanol–water partition coefficient (Wildman–Crippen LogP) is 0.733. The quantitative estimate of drug-likeness (QED) is 0.687. The van der Waals surface area contributed by atoms with Crippen LogP contribution in [-0.2, 0) is 6.54 Å². The van der Waals surface area contributed by atoms with Crippen molar-refractivity contribution in [1.29, 1.82) is 0 Å². The number of benzene rings is 1. The standard InChI is InChI=1S/C11H14BrCl2N.ClH/c12-11-3-1-2-10(8-11)9-15(6-4-13)7-5-14;/h1-3,8H,4-7,9H2;1H/p-1. The lowest BCUT2D eigenvalue weighted by atomic mass is 10.2. The summed E-state index contributed by atoms with van der Waals surface area (Å²) in [6, 6.07) is 8.30. The molecule has 0 fully saturated rings. The molecule has 1 aromatic carbocycles. The second kappa shape index (κ2) is 9.55. The Morgan fingerprint density at radius 2 is 1.75 bits per heavy atom. The zero-order valence-corrected chi connectivity index (χ0v) is 12.7. The van der Waals surface area contributed by atoms with Gasteiger partial charge >= 0.3 is 0 Å². The monoisotopic (exact) mass is 344 g/mol. The summed E-state index contributed by atoms with van der Waals surface area (Å²) in [5.74, 6) is 1.29. The van der Waals surface area contributed by atoms with Crippen molar-refractivity contribution in [2.75, 3.05) is 24.8 Å². The highest BCUT2D eigenvalue weighted by Crippen LogP contribution is 2.13. The third-order valence-corrected chi connectivity index (χ3v) is 2.93. The molecule has 5 heteroatoms. The lowest BCUT2D eigenvalue weighted by Gasteiger charge is -2.19. The van der Waals surface area contributed by atoms with Gasteiger partial charge in [-0.15, -0.1) is 23.2 Å². The summed E-state index contributed by atoms with van der Waals surface area (Å²) in [5, 5.41) is 0. The summed E-state index contributed by atoms with van der Waals surface area (Å²) in [6.07, 6.45) is 0. The fourth-order valence-corrected chi connectivity index (χ4v) is 2.33. The first-order chi connectivity index (χ1) is 7.26. The molecule has 0 atom stereocenters. The Bertz CT molecular complexity index is 290. The van der Waals surface area contributed by atoms with Gasteiger partial charge in [-0.25, -0.2) is 0 Å². The molecule has 16 heavy (non-hydrogen) atoms. The maximum absolute atomic E-state index is 5.74. The van der Waals surface area contributed by atoms with E-state index >= 15 is 0 Å². The summed E-state index contributed by atoms with van der Waals surface area (Å²) >= 11 is 14.9. The highest BCUT2D eigenvalue weighted by molar-refractivity contribution is 9.10. The van der Waals surface area contributed by atoms with Gasteiger partial charge in [0.2, 0.25) is 0 Å². The molecule has 0 bridgehead atoms. The van der Waals surface area contributed by atoms with Gasteiger partial charge in [-0.1, -0.05) is 28.1 Å². The van der Waals surface area contributed by atoms with Crippen LogP contribution in [0.4, 0.5) is 0 Å². The first-order valence-electron chi connectivity index (χ1n) is 4.85. The van der Waals surface area contributed by atoms with E-state index in [-0.39, 0.29) is 12.4 Å². The second-order valence-corrected chi connectivity index (χ2v) is 4.96. The van der Waals surface area contributed by atoms with Gasteiger partial charge in [0.05, 0.1) is 0 Å². The van der Waals surface area contributed by atoms with E-state index in [9.17, 15) is 0 Å². The lowest BCUT2D eigenvalue weighted by Crippen LogP contribution is -3.00. The van der Waals surface area contributed by atoms with Crippen LogP contribution in [0.25, 0.3) is 0 Å². The van der Waals surface area contributed by atoms with Crippen molar-refractivity contribution < 1.29 is 12.4 Å². The van der Waals surface area contributed by atoms with Gasteiger partial charge < -0.3 is 12.4 Å². The van der Waals surface area contributed by atoms with Crippen molar-refractivity contribution >= 4 is 39.1 Å². The minimum absolute atomic E-state index is 0. The maximum Gasteiger partial charge on any atom is 0.0351 e. The van der Waals surface area contributed by atoms with Crippen LogP contribution in [0.2, 0.25) is 0 Å². The molecule has 0 spiro atoms. The van der Waals surface area contributed by atoms with E-state index in [1.54, 1.807) is 0 Å². The second-order valence-electron chi connectivity index (χ2n) is 3.28. The summed E-state index contributed by atoms with van der Waals surface area (Å²) in [6.45, 7) is 2.65. The molecule has 0 aromatic heterocycles. The normalized spacial score (nSPS) is 10.2. The minimum Gasteiger partial charge on any atom is -1.00 e. The molecule has 0 saturated heterocycles. The highest BCUT2D eigenvalue weighted by atomic mass is 79.9. The van der Waals surface area contributed by atoms with Crippen molar-refractivity contribution in [1.82, 2.24) is 4.90 Å². The van der Waals surface area contributed by atoms with E-state index in [0.29, 0.717) is 11.8 Å². The summed E-state index contributed by atoms with van der Waals surface area (Å²) in [4.78, 5) is 2.25. The van der Waals surface area contributed by atoms with Gasteiger partial charge in [0.15, 0.2) is 0 Å².